The minimum absolute atomic E-state index is 0. The number of ketones is 4. The fourth-order valence-electron chi connectivity index (χ4n) is 16.0. The van der Waals surface area contributed by atoms with Crippen LogP contribution in [0.4, 0.5) is 0 Å². The van der Waals surface area contributed by atoms with Crippen molar-refractivity contribution < 1.29 is 278 Å². The first-order valence-electron chi connectivity index (χ1n) is 45.9. The molecule has 37 nitrogen and oxygen atoms in total. The van der Waals surface area contributed by atoms with Gasteiger partial charge in [0.1, 0.15) is 37.2 Å². The van der Waals surface area contributed by atoms with Gasteiger partial charge in [0, 0.05) is 126 Å². The SMILES string of the molecule is CCCCN.CCCCNC(=O)C(C(CC1C(=O)N(CCCC)C(=O)C1C(CC(C(=O)[O-])C(C(=O)OCC)C(CC(C(=O)[O-])C(C(=O)OCCOc1ccc(C(=O)CC(=O)c2ccc(C)cc2)cc1)C(CC)OC)OC)OC)OC)C(CC(OC)C1C(=O)NC(=O)C1C)C(=O)[O-].CCO.Cc1ccc(C(=O)CC(=O)c2ccc(OCCO)cc2)cc1.[CH2+]C1C(=O)OC(=O)C1C(CC)OC.[CH2-]C.[Na+].[Na+].[Na+].[Na+].[OH-]. The Kier molecular flexibility index (Phi) is 76.0. The van der Waals surface area contributed by atoms with Gasteiger partial charge in [-0.05, 0) is 141 Å². The third kappa shape index (κ3) is 44.6. The first kappa shape index (κ1) is 140. The molecule has 3 aliphatic heterocycles. The third-order valence-electron chi connectivity index (χ3n) is 23.4. The van der Waals surface area contributed by atoms with Gasteiger partial charge in [-0.15, -0.1) is 0 Å². The van der Waals surface area contributed by atoms with E-state index >= 15 is 0 Å². The number of amides is 5. The number of carboxylic acids is 3. The van der Waals surface area contributed by atoms with E-state index in [1.807, 2.05) is 39.8 Å². The van der Waals surface area contributed by atoms with Crippen LogP contribution in [0.3, 0.4) is 0 Å². The summed E-state index contributed by atoms with van der Waals surface area (Å²) in [5.74, 6) is -31.0. The van der Waals surface area contributed by atoms with Crippen LogP contribution >= 0.6 is 0 Å². The van der Waals surface area contributed by atoms with E-state index in [-0.39, 0.29) is 224 Å². The third-order valence-corrected chi connectivity index (χ3v) is 23.4. The van der Waals surface area contributed by atoms with Crippen LogP contribution < -0.4 is 159 Å². The van der Waals surface area contributed by atoms with Gasteiger partial charge >= 0.3 is 142 Å². The molecule has 18 unspecified atom stereocenters. The number of imide groups is 2. The van der Waals surface area contributed by atoms with Crippen molar-refractivity contribution in [1.82, 2.24) is 15.5 Å². The van der Waals surface area contributed by atoms with Gasteiger partial charge in [0.25, 0.3) is 0 Å². The monoisotopic (exact) mass is 2020 g/mol. The predicted molar refractivity (Wildman–Crippen MR) is 493 cm³/mol. The Morgan fingerprint density at radius 3 is 1.26 bits per heavy atom. The molecule has 41 heteroatoms. The zero-order valence-corrected chi connectivity index (χ0v) is 93.9. The fourth-order valence-corrected chi connectivity index (χ4v) is 16.0. The van der Waals surface area contributed by atoms with Gasteiger partial charge in [-0.3, -0.25) is 67.8 Å². The van der Waals surface area contributed by atoms with Crippen LogP contribution in [-0.2, 0) is 100 Å². The van der Waals surface area contributed by atoms with Gasteiger partial charge in [-0.25, -0.2) is 4.79 Å². The average Bonchev–Trinajstić information content (AvgIpc) is 1.63. The number of carbonyl (C=O) groups is 16. The number of carboxylic acid groups (broad SMARTS) is 3. The Balaban J connectivity index is -0.00000152. The summed E-state index contributed by atoms with van der Waals surface area (Å²) in [6, 6.07) is 26.4. The van der Waals surface area contributed by atoms with E-state index in [2.05, 4.69) is 36.1 Å². The van der Waals surface area contributed by atoms with Gasteiger partial charge in [-0.1, -0.05) is 120 Å². The summed E-state index contributed by atoms with van der Waals surface area (Å²) in [6.45, 7) is 26.3. The van der Waals surface area contributed by atoms with Crippen molar-refractivity contribution in [2.45, 2.75) is 203 Å². The first-order chi connectivity index (χ1) is 64.9. The molecule has 141 heavy (non-hydrogen) atoms. The van der Waals surface area contributed by atoms with E-state index < -0.39 is 211 Å². The maximum absolute atomic E-state index is 14.8. The Labute approximate surface area is 916 Å². The smallest absolute Gasteiger partial charge is 0.870 e. The number of nitrogens with one attached hydrogen (secondary N) is 2. The molecule has 0 bridgehead atoms. The topological polar surface area (TPSA) is 568 Å². The number of esters is 4. The number of unbranched alkanes of at least 4 members (excludes halogenated alkanes) is 3. The summed E-state index contributed by atoms with van der Waals surface area (Å²) in [7, 11) is 7.22. The molecule has 3 heterocycles. The molecule has 0 aliphatic carbocycles. The van der Waals surface area contributed by atoms with Crippen LogP contribution in [-0.4, -0.2) is 254 Å². The van der Waals surface area contributed by atoms with Crippen molar-refractivity contribution in [2.24, 2.45) is 76.7 Å². The number of nitrogens with two attached hydrogens (primary N) is 1. The molecule has 3 fully saturated rings. The normalized spacial score (nSPS) is 17.9. The van der Waals surface area contributed by atoms with Gasteiger partial charge < -0.3 is 115 Å². The number of nitrogens with zero attached hydrogens (tertiary/aromatic N) is 1. The molecule has 7 N–H and O–H groups in total. The Bertz CT molecular complexity index is 4430. The average molecular weight is 2020 g/mol. The molecular weight excluding hydrogens is 1880 g/mol. The molecule has 0 saturated carbocycles. The number of hydrogen-bond acceptors (Lipinski definition) is 34. The van der Waals surface area contributed by atoms with Crippen molar-refractivity contribution >= 4 is 94.5 Å². The molecule has 0 aromatic heterocycles. The van der Waals surface area contributed by atoms with Crippen molar-refractivity contribution in [3.63, 3.8) is 0 Å². The number of cyclic esters (lactones) is 2. The van der Waals surface area contributed by atoms with Crippen LogP contribution in [0, 0.1) is 98.7 Å². The summed E-state index contributed by atoms with van der Waals surface area (Å²) in [5, 5.41) is 61.6. The van der Waals surface area contributed by atoms with Crippen molar-refractivity contribution in [2.75, 3.05) is 102 Å². The molecule has 18 atom stereocenters. The van der Waals surface area contributed by atoms with E-state index in [1.54, 1.807) is 88.4 Å². The quantitative estimate of drug-likeness (QED) is 0.00401. The molecule has 4 aromatic rings. The fraction of sp³-hybridized carbons (Fsp3) is 0.580. The van der Waals surface area contributed by atoms with Crippen LogP contribution in [0.1, 0.15) is 205 Å². The summed E-state index contributed by atoms with van der Waals surface area (Å²) < 4.78 is 60.2. The van der Waals surface area contributed by atoms with E-state index in [1.165, 1.54) is 72.3 Å². The van der Waals surface area contributed by atoms with E-state index in [0.29, 0.717) is 54.5 Å². The molecule has 7 rings (SSSR count). The molecule has 4 aromatic carbocycles. The van der Waals surface area contributed by atoms with E-state index in [9.17, 15) is 92.0 Å². The number of aryl methyl sites for hydroxylation is 2. The minimum Gasteiger partial charge on any atom is -0.870 e. The Hall–Kier alpha value is -7.13. The summed E-state index contributed by atoms with van der Waals surface area (Å²) in [4.78, 5) is 211. The zero-order valence-electron chi connectivity index (χ0n) is 85.9. The van der Waals surface area contributed by atoms with Gasteiger partial charge in [0.15, 0.2) is 23.1 Å². The molecule has 764 valence electrons. The van der Waals surface area contributed by atoms with Gasteiger partial charge in [0.05, 0.1) is 105 Å². The first-order valence-corrected chi connectivity index (χ1v) is 45.9. The number of aliphatic hydroxyl groups excluding tert-OH is 2. The second-order valence-electron chi connectivity index (χ2n) is 32.4. The van der Waals surface area contributed by atoms with Gasteiger partial charge in [0.2, 0.25) is 35.5 Å². The van der Waals surface area contributed by atoms with Crippen LogP contribution in [0.15, 0.2) is 97.1 Å². The Morgan fingerprint density at radius 1 is 0.496 bits per heavy atom. The number of rotatable bonds is 55. The summed E-state index contributed by atoms with van der Waals surface area (Å²) in [6.07, 6.45) is -6.05. The second kappa shape index (κ2) is 76.4. The number of carbonyl (C=O) groups excluding carboxylic acids is 16. The maximum Gasteiger partial charge on any atom is 1.00 e. The van der Waals surface area contributed by atoms with E-state index in [4.69, 9.17) is 63.3 Å². The number of hydrogen-bond donors (Lipinski definition) is 5. The number of aliphatic hydroxyl groups is 2. The minimum atomic E-state index is -2.09. The number of aliphatic carboxylic acids is 3. The number of likely N-dealkylation sites (tertiary alicyclic amines) is 1. The largest absolute Gasteiger partial charge is 1.00 e. The number of methoxy groups -OCH3 is 6. The van der Waals surface area contributed by atoms with Crippen molar-refractivity contribution in [1.29, 1.82) is 0 Å². The zero-order chi connectivity index (χ0) is 103. The van der Waals surface area contributed by atoms with Gasteiger partial charge in [-0.2, -0.15) is 6.92 Å². The second-order valence-corrected chi connectivity index (χ2v) is 32.4. The predicted octanol–water partition coefficient (Wildman–Crippen LogP) is -6.04. The number of ether oxygens (including phenoxy) is 11. The molecule has 3 saturated heterocycles. The van der Waals surface area contributed by atoms with Crippen LogP contribution in [0.25, 0.3) is 0 Å². The molecular formula is C100H142N4Na4O33. The number of benzene rings is 4. The van der Waals surface area contributed by atoms with Crippen molar-refractivity contribution in [3.8, 4) is 11.5 Å². The summed E-state index contributed by atoms with van der Waals surface area (Å²) >= 11 is 0. The molecule has 3 aliphatic rings. The molecule has 0 spiro atoms. The van der Waals surface area contributed by atoms with E-state index in [0.717, 1.165) is 43.9 Å². The summed E-state index contributed by atoms with van der Waals surface area (Å²) in [5.41, 5.74) is 8.81. The molecule has 0 radical (unpaired) electrons. The Morgan fingerprint density at radius 2 is 0.901 bits per heavy atom. The maximum atomic E-state index is 14.8. The number of Topliss-reactive ketones (excluding diaryl/α,β-unsaturated/α-hetero) is 4. The molecule has 5 amide bonds. The standard InChI is InChI=1S/C65H91N3O23.C18H18O4.C9H13O4.C4H11N.C2H6O.C2H5.4Na.H2O/c1-12-16-26-66-57(72)52(41(61(76)77)31-47(85-8)51-36(6)56(71)67-58(51)73)48(86-9)30-40-53(60(75)68(59(40)74)27-17-13-2)49(87-10)32-43(63(80)81)55(64(82)89-15-4)50(88-11)33-42(62(78)79)54(46(14-3)84-7)65(83)91-29-28-90-39-24-22-38(23-25-39)45(70)34-44(69)37-20-18-35(5)19-21-37;1-13-2-4-14(5-3-13)17(20)12-18(21)15-6-8-16(9-7-15)22-11-10-19;1-4-6(12-3)7-5(2)8(10)13-9(7)11;1-2-3-4-5;1-2-3;1-2;;;;;/h18-25,36,40-43,46-55H,12-17,26-34H2,1-11H3,(H,66,72)(H,76,77)(H,78,79)(H,80,81)(H,67,71,73);2-9,19H,10-12H2,1H3;5-7H,2,4H2,1,3H3;2-5H2,1H3;3H,2H2,1H3;1H2,2H3;;;;;1H2/q;;+1;;;-1;4*+1;/p-4. The van der Waals surface area contributed by atoms with Crippen LogP contribution in [0.5, 0.6) is 11.5 Å². The van der Waals surface area contributed by atoms with Crippen molar-refractivity contribution in [3.05, 3.63) is 144 Å². The van der Waals surface area contributed by atoms with Crippen LogP contribution in [0.2, 0.25) is 0 Å².